The first kappa shape index (κ1) is 11.8. The molecule has 3 nitrogen and oxygen atoms in total. The zero-order valence-electron chi connectivity index (χ0n) is 9.30. The molecule has 0 bridgehead atoms. The molecule has 1 aliphatic carbocycles. The van der Waals surface area contributed by atoms with Crippen LogP contribution in [-0.2, 0) is 0 Å². The SMILES string of the molecule is N=C(N)CC1(COc2cc(F)ccc2F)CC1. The van der Waals surface area contributed by atoms with Crippen LogP contribution in [0, 0.1) is 22.5 Å². The third-order valence-electron chi connectivity index (χ3n) is 2.95. The van der Waals surface area contributed by atoms with E-state index in [0.29, 0.717) is 6.42 Å². The highest BCUT2D eigenvalue weighted by molar-refractivity contribution is 5.78. The van der Waals surface area contributed by atoms with Crippen LogP contribution >= 0.6 is 0 Å². The third-order valence-corrected chi connectivity index (χ3v) is 2.95. The van der Waals surface area contributed by atoms with Crippen molar-refractivity contribution in [3.63, 3.8) is 0 Å². The fourth-order valence-corrected chi connectivity index (χ4v) is 1.77. The van der Waals surface area contributed by atoms with E-state index in [1.165, 1.54) is 0 Å². The van der Waals surface area contributed by atoms with E-state index < -0.39 is 11.6 Å². The second kappa shape index (κ2) is 4.31. The Morgan fingerprint density at radius 3 is 2.71 bits per heavy atom. The summed E-state index contributed by atoms with van der Waals surface area (Å²) in [4.78, 5) is 0. The van der Waals surface area contributed by atoms with Gasteiger partial charge in [0.2, 0.25) is 0 Å². The second-order valence-electron chi connectivity index (χ2n) is 4.57. The van der Waals surface area contributed by atoms with E-state index in [2.05, 4.69) is 0 Å². The fraction of sp³-hybridized carbons (Fsp3) is 0.417. The fourth-order valence-electron chi connectivity index (χ4n) is 1.77. The molecule has 3 N–H and O–H groups in total. The molecule has 0 spiro atoms. The van der Waals surface area contributed by atoms with Gasteiger partial charge in [0.1, 0.15) is 5.82 Å². The minimum Gasteiger partial charge on any atom is -0.490 e. The molecule has 1 saturated carbocycles. The quantitative estimate of drug-likeness (QED) is 0.613. The first-order chi connectivity index (χ1) is 8.01. The number of hydrogen-bond acceptors (Lipinski definition) is 2. The minimum absolute atomic E-state index is 0.0835. The molecule has 0 atom stereocenters. The Bertz CT molecular complexity index is 444. The number of hydrogen-bond donors (Lipinski definition) is 2. The normalized spacial score (nSPS) is 16.6. The van der Waals surface area contributed by atoms with Gasteiger partial charge in [-0.1, -0.05) is 0 Å². The Morgan fingerprint density at radius 1 is 1.41 bits per heavy atom. The topological polar surface area (TPSA) is 59.1 Å². The van der Waals surface area contributed by atoms with Crippen molar-refractivity contribution in [1.82, 2.24) is 0 Å². The van der Waals surface area contributed by atoms with Crippen LogP contribution in [0.2, 0.25) is 0 Å². The van der Waals surface area contributed by atoms with Gasteiger partial charge in [0.25, 0.3) is 0 Å². The van der Waals surface area contributed by atoms with Crippen molar-refractivity contribution >= 4 is 5.84 Å². The maximum Gasteiger partial charge on any atom is 0.165 e. The van der Waals surface area contributed by atoms with Crippen molar-refractivity contribution in [3.05, 3.63) is 29.8 Å². The summed E-state index contributed by atoms with van der Waals surface area (Å²) in [5, 5.41) is 7.24. The smallest absolute Gasteiger partial charge is 0.165 e. The molecule has 1 aromatic carbocycles. The molecule has 0 radical (unpaired) electrons. The predicted octanol–water partition coefficient (Wildman–Crippen LogP) is 2.45. The highest BCUT2D eigenvalue weighted by atomic mass is 19.1. The van der Waals surface area contributed by atoms with Crippen molar-refractivity contribution in [1.29, 1.82) is 5.41 Å². The Balaban J connectivity index is 1.98. The van der Waals surface area contributed by atoms with Crippen LogP contribution in [0.1, 0.15) is 19.3 Å². The number of rotatable bonds is 5. The van der Waals surface area contributed by atoms with Crippen molar-refractivity contribution in [2.75, 3.05) is 6.61 Å². The standard InChI is InChI=1S/C12H14F2N2O/c13-8-1-2-9(14)10(5-8)17-7-12(3-4-12)6-11(15)16/h1-2,5H,3-4,6-7H2,(H3,15,16). The number of nitrogens with one attached hydrogen (secondary N) is 1. The lowest BCUT2D eigenvalue weighted by molar-refractivity contribution is 0.228. The van der Waals surface area contributed by atoms with E-state index in [4.69, 9.17) is 15.9 Å². The minimum atomic E-state index is -0.579. The van der Waals surface area contributed by atoms with Crippen LogP contribution in [0.4, 0.5) is 8.78 Å². The van der Waals surface area contributed by atoms with Crippen LogP contribution < -0.4 is 10.5 Å². The molecular weight excluding hydrogens is 226 g/mol. The molecule has 0 unspecified atom stereocenters. The largest absolute Gasteiger partial charge is 0.490 e. The lowest BCUT2D eigenvalue weighted by Crippen LogP contribution is -2.22. The summed E-state index contributed by atoms with van der Waals surface area (Å²) >= 11 is 0. The van der Waals surface area contributed by atoms with E-state index >= 15 is 0 Å². The van der Waals surface area contributed by atoms with Crippen LogP contribution in [-0.4, -0.2) is 12.4 Å². The van der Waals surface area contributed by atoms with Gasteiger partial charge >= 0.3 is 0 Å². The Hall–Kier alpha value is -1.65. The number of nitrogens with two attached hydrogens (primary N) is 1. The summed E-state index contributed by atoms with van der Waals surface area (Å²) in [5.74, 6) is -1.09. The van der Waals surface area contributed by atoms with Crippen molar-refractivity contribution in [2.24, 2.45) is 11.1 Å². The van der Waals surface area contributed by atoms with Gasteiger partial charge in [-0.05, 0) is 25.0 Å². The monoisotopic (exact) mass is 240 g/mol. The lowest BCUT2D eigenvalue weighted by Gasteiger charge is -2.15. The Morgan fingerprint density at radius 2 is 2.12 bits per heavy atom. The van der Waals surface area contributed by atoms with Crippen LogP contribution in [0.25, 0.3) is 0 Å². The van der Waals surface area contributed by atoms with E-state index in [9.17, 15) is 8.78 Å². The van der Waals surface area contributed by atoms with Gasteiger partial charge in [0, 0.05) is 17.9 Å². The molecule has 5 heteroatoms. The van der Waals surface area contributed by atoms with Crippen molar-refractivity contribution in [2.45, 2.75) is 19.3 Å². The second-order valence-corrected chi connectivity index (χ2v) is 4.57. The zero-order valence-corrected chi connectivity index (χ0v) is 9.30. The molecule has 1 fully saturated rings. The molecule has 0 heterocycles. The summed E-state index contributed by atoms with van der Waals surface area (Å²) in [7, 11) is 0. The van der Waals surface area contributed by atoms with Gasteiger partial charge in [0.05, 0.1) is 12.4 Å². The molecule has 92 valence electrons. The van der Waals surface area contributed by atoms with Gasteiger partial charge in [0.15, 0.2) is 11.6 Å². The summed E-state index contributed by atoms with van der Waals surface area (Å²) in [6.07, 6.45) is 2.26. The van der Waals surface area contributed by atoms with E-state index in [-0.39, 0.29) is 23.6 Å². The Labute approximate surface area is 98.1 Å². The maximum atomic E-state index is 13.3. The van der Waals surface area contributed by atoms with Gasteiger partial charge in [-0.3, -0.25) is 5.41 Å². The summed E-state index contributed by atoms with van der Waals surface area (Å²) in [6, 6.07) is 3.11. The van der Waals surface area contributed by atoms with E-state index in [1.54, 1.807) is 0 Å². The third kappa shape index (κ3) is 2.93. The van der Waals surface area contributed by atoms with Gasteiger partial charge < -0.3 is 10.5 Å². The highest BCUT2D eigenvalue weighted by Crippen LogP contribution is 2.48. The average molecular weight is 240 g/mol. The summed E-state index contributed by atoms with van der Waals surface area (Å²) in [6.45, 7) is 0.271. The molecule has 1 aromatic rings. The average Bonchev–Trinajstić information content (AvgIpc) is 2.99. The van der Waals surface area contributed by atoms with Crippen molar-refractivity contribution < 1.29 is 13.5 Å². The first-order valence-electron chi connectivity index (χ1n) is 5.42. The van der Waals surface area contributed by atoms with Crippen LogP contribution in [0.3, 0.4) is 0 Å². The molecule has 1 aliphatic rings. The number of amidine groups is 1. The summed E-state index contributed by atoms with van der Waals surface area (Å²) in [5.41, 5.74) is 5.19. The van der Waals surface area contributed by atoms with Crippen LogP contribution in [0.15, 0.2) is 18.2 Å². The predicted molar refractivity (Wildman–Crippen MR) is 60.1 cm³/mol. The van der Waals surface area contributed by atoms with Crippen molar-refractivity contribution in [3.8, 4) is 5.75 Å². The Kier molecular flexibility index (Phi) is 3.00. The van der Waals surface area contributed by atoms with E-state index in [1.807, 2.05) is 0 Å². The molecule has 0 aliphatic heterocycles. The highest BCUT2D eigenvalue weighted by Gasteiger charge is 2.44. The molecule has 0 aromatic heterocycles. The molecule has 0 saturated heterocycles. The molecule has 0 amide bonds. The van der Waals surface area contributed by atoms with Gasteiger partial charge in [-0.15, -0.1) is 0 Å². The first-order valence-corrected chi connectivity index (χ1v) is 5.42. The van der Waals surface area contributed by atoms with Crippen LogP contribution in [0.5, 0.6) is 5.75 Å². The number of benzene rings is 1. The molecular formula is C12H14F2N2O. The van der Waals surface area contributed by atoms with E-state index in [0.717, 1.165) is 31.0 Å². The maximum absolute atomic E-state index is 13.3. The molecule has 17 heavy (non-hydrogen) atoms. The lowest BCUT2D eigenvalue weighted by atomic mass is 10.0. The summed E-state index contributed by atoms with van der Waals surface area (Å²) < 4.78 is 31.4. The number of halogens is 2. The molecule has 2 rings (SSSR count). The number of ether oxygens (including phenoxy) is 1. The van der Waals surface area contributed by atoms with Gasteiger partial charge in [-0.25, -0.2) is 8.78 Å². The van der Waals surface area contributed by atoms with Gasteiger partial charge in [-0.2, -0.15) is 0 Å². The zero-order chi connectivity index (χ0) is 12.5.